The summed E-state index contributed by atoms with van der Waals surface area (Å²) < 4.78 is 7.35. The molecule has 0 aliphatic heterocycles. The molecular weight excluding hydrogens is 478 g/mol. The summed E-state index contributed by atoms with van der Waals surface area (Å²) in [5.74, 6) is 1.71. The lowest BCUT2D eigenvalue weighted by Crippen LogP contribution is -2.27. The lowest BCUT2D eigenvalue weighted by molar-refractivity contribution is -0.118. The molecule has 4 aromatic rings. The van der Waals surface area contributed by atoms with Crippen molar-refractivity contribution >= 4 is 28.4 Å². The van der Waals surface area contributed by atoms with Gasteiger partial charge < -0.3 is 20.3 Å². The lowest BCUT2D eigenvalue weighted by Gasteiger charge is -2.21. The van der Waals surface area contributed by atoms with Crippen LogP contribution in [0.5, 0.6) is 5.75 Å². The van der Waals surface area contributed by atoms with Crippen molar-refractivity contribution in [1.29, 1.82) is 0 Å². The van der Waals surface area contributed by atoms with Gasteiger partial charge in [-0.25, -0.2) is 14.6 Å². The minimum atomic E-state index is 0.105. The number of ether oxygens (including phenoxy) is 1. The summed E-state index contributed by atoms with van der Waals surface area (Å²) >= 11 is 0. The van der Waals surface area contributed by atoms with E-state index in [1.807, 2.05) is 61.1 Å². The number of benzene rings is 2. The van der Waals surface area contributed by atoms with Crippen LogP contribution < -0.4 is 15.4 Å². The minimum absolute atomic E-state index is 0.105. The molecule has 9 nitrogen and oxygen atoms in total. The molecule has 0 bridgehead atoms. The Kier molecular flexibility index (Phi) is 8.26. The first kappa shape index (κ1) is 27.1. The number of nitrogens with two attached hydrogens (primary N) is 1. The Morgan fingerprint density at radius 3 is 2.66 bits per heavy atom. The molecule has 2 aromatic carbocycles. The van der Waals surface area contributed by atoms with E-state index in [1.165, 1.54) is 6.33 Å². The van der Waals surface area contributed by atoms with Crippen LogP contribution in [0.1, 0.15) is 30.9 Å². The third kappa shape index (κ3) is 5.94. The van der Waals surface area contributed by atoms with Crippen LogP contribution in [0.25, 0.3) is 22.3 Å². The minimum Gasteiger partial charge on any atom is -0.496 e. The van der Waals surface area contributed by atoms with Gasteiger partial charge in [0, 0.05) is 31.3 Å². The summed E-state index contributed by atoms with van der Waals surface area (Å²) in [6.45, 7) is 5.61. The molecule has 0 aliphatic rings. The molecule has 0 spiro atoms. The van der Waals surface area contributed by atoms with Gasteiger partial charge in [-0.05, 0) is 62.7 Å². The maximum Gasteiger partial charge on any atom is 0.226 e. The Morgan fingerprint density at radius 2 is 1.92 bits per heavy atom. The van der Waals surface area contributed by atoms with Crippen molar-refractivity contribution in [3.05, 3.63) is 59.9 Å². The molecule has 0 saturated heterocycles. The summed E-state index contributed by atoms with van der Waals surface area (Å²) in [5, 5.41) is 5.60. The third-order valence-corrected chi connectivity index (χ3v) is 6.77. The molecule has 1 amide bonds. The molecule has 0 saturated carbocycles. The molecule has 0 fully saturated rings. The van der Waals surface area contributed by atoms with Crippen LogP contribution in [-0.4, -0.2) is 65.4 Å². The number of nitrogens with zero attached hydrogens (tertiary/aromatic N) is 6. The number of carbonyl (C=O) groups is 1. The zero-order valence-corrected chi connectivity index (χ0v) is 23.1. The second-order valence-electron chi connectivity index (χ2n) is 10.2. The lowest BCUT2D eigenvalue weighted by atomic mass is 10.0. The fraction of sp³-hybridized carbons (Fsp3) is 0.379. The van der Waals surface area contributed by atoms with E-state index in [1.54, 1.807) is 12.0 Å². The van der Waals surface area contributed by atoms with Crippen molar-refractivity contribution < 1.29 is 9.53 Å². The Hall–Kier alpha value is -3.98. The first-order chi connectivity index (χ1) is 18.2. The number of methoxy groups -OCH3 is 1. The van der Waals surface area contributed by atoms with Crippen molar-refractivity contribution in [2.45, 2.75) is 33.2 Å². The Balaban J connectivity index is 1.60. The first-order valence-electron chi connectivity index (χ1n) is 12.8. The number of fused-ring (bicyclic) bond motifs is 1. The van der Waals surface area contributed by atoms with Gasteiger partial charge in [0.05, 0.1) is 19.0 Å². The molecule has 0 radical (unpaired) electrons. The number of hydrogen-bond acceptors (Lipinski definition) is 7. The molecular formula is C29H37N7O2. The highest BCUT2D eigenvalue weighted by Gasteiger charge is 2.19. The summed E-state index contributed by atoms with van der Waals surface area (Å²) in [7, 11) is 7.59. The number of rotatable bonds is 10. The van der Waals surface area contributed by atoms with Gasteiger partial charge in [0.1, 0.15) is 23.6 Å². The number of carbonyl (C=O) groups excluding carboxylic acids is 1. The smallest absolute Gasteiger partial charge is 0.226 e. The number of anilines is 2. The van der Waals surface area contributed by atoms with Gasteiger partial charge >= 0.3 is 0 Å². The van der Waals surface area contributed by atoms with Gasteiger partial charge in [0.2, 0.25) is 5.91 Å². The quantitative estimate of drug-likeness (QED) is 0.334. The molecule has 38 heavy (non-hydrogen) atoms. The van der Waals surface area contributed by atoms with E-state index in [9.17, 15) is 4.79 Å². The Morgan fingerprint density at radius 1 is 1.13 bits per heavy atom. The maximum absolute atomic E-state index is 12.9. The van der Waals surface area contributed by atoms with Crippen LogP contribution in [0.4, 0.5) is 11.5 Å². The van der Waals surface area contributed by atoms with Gasteiger partial charge in [-0.15, -0.1) is 0 Å². The van der Waals surface area contributed by atoms with E-state index >= 15 is 0 Å². The molecule has 9 heteroatoms. The summed E-state index contributed by atoms with van der Waals surface area (Å²) in [4.78, 5) is 25.5. The van der Waals surface area contributed by atoms with Crippen molar-refractivity contribution in [2.75, 3.05) is 45.4 Å². The largest absolute Gasteiger partial charge is 0.496 e. The molecule has 200 valence electrons. The second kappa shape index (κ2) is 11.6. The standard InChI is InChI=1S/C29H37N7O2/c1-19(16-34(3)4)10-13-25(37)35(5)23-9-7-8-21(14-23)17-36-29-26(28(30)31-18-32-29)27(33-36)22-12-11-20(2)24(15-22)38-6/h7-9,11-12,14-15,18-19H,10,13,16-17H2,1-6H3,(H2,30,31,32). The monoisotopic (exact) mass is 515 g/mol. The number of amides is 1. The van der Waals surface area contributed by atoms with Gasteiger partial charge in [0.15, 0.2) is 5.65 Å². The molecule has 4 rings (SSSR count). The summed E-state index contributed by atoms with van der Waals surface area (Å²) in [5.41, 5.74) is 11.4. The van der Waals surface area contributed by atoms with E-state index < -0.39 is 0 Å². The van der Waals surface area contributed by atoms with Crippen LogP contribution in [0.2, 0.25) is 0 Å². The van der Waals surface area contributed by atoms with Crippen LogP contribution in [0, 0.1) is 12.8 Å². The Labute approximate surface area is 224 Å². The van der Waals surface area contributed by atoms with Gasteiger partial charge in [0.25, 0.3) is 0 Å². The fourth-order valence-corrected chi connectivity index (χ4v) is 4.74. The van der Waals surface area contributed by atoms with E-state index in [-0.39, 0.29) is 5.91 Å². The zero-order chi connectivity index (χ0) is 27.4. The number of nitrogen functional groups attached to an aromatic ring is 1. The van der Waals surface area contributed by atoms with E-state index in [0.717, 1.165) is 41.1 Å². The van der Waals surface area contributed by atoms with Crippen LogP contribution in [-0.2, 0) is 11.3 Å². The Bertz CT molecular complexity index is 1430. The average Bonchev–Trinajstić information content (AvgIpc) is 3.26. The molecule has 2 N–H and O–H groups in total. The summed E-state index contributed by atoms with van der Waals surface area (Å²) in [6.07, 6.45) is 2.82. The number of hydrogen-bond donors (Lipinski definition) is 1. The number of aryl methyl sites for hydroxylation is 1. The van der Waals surface area contributed by atoms with Crippen LogP contribution in [0.15, 0.2) is 48.8 Å². The van der Waals surface area contributed by atoms with Crippen LogP contribution in [0.3, 0.4) is 0 Å². The van der Waals surface area contributed by atoms with Crippen LogP contribution >= 0.6 is 0 Å². The molecule has 1 unspecified atom stereocenters. The van der Waals surface area contributed by atoms with Crippen molar-refractivity contribution in [3.63, 3.8) is 0 Å². The van der Waals surface area contributed by atoms with E-state index in [2.05, 4.69) is 35.9 Å². The predicted octanol–water partition coefficient (Wildman–Crippen LogP) is 4.38. The predicted molar refractivity (Wildman–Crippen MR) is 152 cm³/mol. The van der Waals surface area contributed by atoms with Gasteiger partial charge in [-0.3, -0.25) is 4.79 Å². The molecule has 1 atom stereocenters. The van der Waals surface area contributed by atoms with Gasteiger partial charge in [-0.1, -0.05) is 31.2 Å². The van der Waals surface area contributed by atoms with Crippen molar-refractivity contribution in [3.8, 4) is 17.0 Å². The highest BCUT2D eigenvalue weighted by molar-refractivity contribution is 5.98. The SMILES string of the molecule is COc1cc(-c2nn(Cc3cccc(N(C)C(=O)CCC(C)CN(C)C)c3)c3ncnc(N)c23)ccc1C. The number of aromatic nitrogens is 4. The molecule has 2 aromatic heterocycles. The molecule has 2 heterocycles. The molecule has 0 aliphatic carbocycles. The average molecular weight is 516 g/mol. The van der Waals surface area contributed by atoms with Crippen molar-refractivity contribution in [1.82, 2.24) is 24.6 Å². The highest BCUT2D eigenvalue weighted by Crippen LogP contribution is 2.33. The normalized spacial score (nSPS) is 12.2. The fourth-order valence-electron chi connectivity index (χ4n) is 4.74. The van der Waals surface area contributed by atoms with Gasteiger partial charge in [-0.2, -0.15) is 5.10 Å². The van der Waals surface area contributed by atoms with E-state index in [0.29, 0.717) is 41.4 Å². The highest BCUT2D eigenvalue weighted by atomic mass is 16.5. The topological polar surface area (TPSA) is 102 Å². The first-order valence-corrected chi connectivity index (χ1v) is 12.8. The second-order valence-corrected chi connectivity index (χ2v) is 10.2. The van der Waals surface area contributed by atoms with E-state index in [4.69, 9.17) is 15.6 Å². The van der Waals surface area contributed by atoms with Crippen molar-refractivity contribution in [2.24, 2.45) is 5.92 Å². The summed E-state index contributed by atoms with van der Waals surface area (Å²) in [6, 6.07) is 13.9. The third-order valence-electron chi connectivity index (χ3n) is 6.77. The maximum atomic E-state index is 12.9. The zero-order valence-electron chi connectivity index (χ0n) is 23.1.